The van der Waals surface area contributed by atoms with Gasteiger partial charge in [0.2, 0.25) is 11.6 Å². The van der Waals surface area contributed by atoms with Gasteiger partial charge < -0.3 is 55.4 Å². The van der Waals surface area contributed by atoms with Crippen LogP contribution in [0, 0.1) is 0 Å². The molecule has 0 aromatic heterocycles. The number of para-hydroxylation sites is 2. The molecule has 82 heavy (non-hydrogen) atoms. The van der Waals surface area contributed by atoms with E-state index in [0.717, 1.165) is 59.7 Å². The number of ether oxygens (including phenoxy) is 3. The number of carbonyl (C=O) groups is 6. The summed E-state index contributed by atoms with van der Waals surface area (Å²) in [6.07, 6.45) is 11.8. The third-order valence-electron chi connectivity index (χ3n) is 14.7. The summed E-state index contributed by atoms with van der Waals surface area (Å²) in [5, 5.41) is 28.8. The highest BCUT2D eigenvalue weighted by atomic mass is 32.2. The number of unbranched alkanes of at least 4 members (excludes halogenated alkanes) is 1. The number of amides is 4. The number of allylic oxidation sites excluding steroid dienone is 7. The molecule has 0 unspecified atom stereocenters. The highest BCUT2D eigenvalue weighted by Crippen LogP contribution is 2.49. The standard InChI is InChI=1S/C61H78N6O14S/c1-7-66-50-23-12-11-21-46(50)60(3,4)52(66)30-26-42-17-15-18-43(55(42)81-45-19-9-8-10-20-45)27-31-53-61(5,6)47-39-44(25-29-51(47)67(53)34-16-38-82(76,77)78)56(70)63-33-35-79-36-37-80-40-54(69)62-32-14-13-22-48(57(71)72)64-59(75)65-49(58(73)74)28-24-41(2)68/h8-12,19-21,23,25-27,29-31,39,48-49H,7,13-18,22,24,28,32-38,40H2,1-6H3,(H6-,62,63,64,65,69,70,71,72,73,74,75,76,77,78)/p+1/t48-,49-/m0/s1. The van der Waals surface area contributed by atoms with E-state index < -0.39 is 57.2 Å². The number of hydrogen-bond donors (Lipinski definition) is 7. The van der Waals surface area contributed by atoms with Gasteiger partial charge >= 0.3 is 18.0 Å². The smallest absolute Gasteiger partial charge is 0.326 e. The fourth-order valence-corrected chi connectivity index (χ4v) is 11.0. The van der Waals surface area contributed by atoms with Crippen LogP contribution in [0.4, 0.5) is 16.2 Å². The summed E-state index contributed by atoms with van der Waals surface area (Å²) in [5.41, 5.74) is 7.94. The van der Waals surface area contributed by atoms with Crippen LogP contribution in [0.25, 0.3) is 0 Å². The maximum atomic E-state index is 13.6. The number of hydrogen-bond acceptors (Lipinski definition) is 12. The Hall–Kier alpha value is -7.46. The molecule has 7 N–H and O–H groups in total. The van der Waals surface area contributed by atoms with Crippen molar-refractivity contribution in [3.63, 3.8) is 0 Å². The average molecular weight is 1150 g/mol. The van der Waals surface area contributed by atoms with E-state index in [0.29, 0.717) is 24.2 Å². The number of carbonyl (C=O) groups excluding carboxylic acids is 4. The highest BCUT2D eigenvalue weighted by molar-refractivity contribution is 7.85. The lowest BCUT2D eigenvalue weighted by Gasteiger charge is -2.27. The van der Waals surface area contributed by atoms with E-state index in [1.54, 1.807) is 6.07 Å². The van der Waals surface area contributed by atoms with Gasteiger partial charge in [-0.2, -0.15) is 13.0 Å². The molecule has 3 aromatic rings. The summed E-state index contributed by atoms with van der Waals surface area (Å²) in [4.78, 5) is 74.6. The minimum absolute atomic E-state index is 0.0180. The summed E-state index contributed by atoms with van der Waals surface area (Å²) in [6.45, 7) is 13.8. The Morgan fingerprint density at radius 1 is 0.768 bits per heavy atom. The van der Waals surface area contributed by atoms with Gasteiger partial charge in [-0.15, -0.1) is 0 Å². The molecule has 2 heterocycles. The Bertz CT molecular complexity index is 3090. The van der Waals surface area contributed by atoms with E-state index in [9.17, 15) is 52.0 Å². The second-order valence-electron chi connectivity index (χ2n) is 21.5. The number of nitrogens with one attached hydrogen (secondary N) is 4. The van der Waals surface area contributed by atoms with Crippen molar-refractivity contribution in [2.45, 2.75) is 122 Å². The van der Waals surface area contributed by atoms with Crippen LogP contribution in [0.1, 0.15) is 121 Å². The second-order valence-corrected chi connectivity index (χ2v) is 23.1. The number of aliphatic carboxylic acids is 2. The molecule has 0 fully saturated rings. The van der Waals surface area contributed by atoms with E-state index in [4.69, 9.17) is 14.2 Å². The quantitative estimate of drug-likeness (QED) is 0.0185. The number of benzene rings is 3. The molecule has 0 saturated carbocycles. The summed E-state index contributed by atoms with van der Waals surface area (Å²) in [6, 6.07) is 20.1. The first-order valence-corrected chi connectivity index (χ1v) is 29.5. The van der Waals surface area contributed by atoms with Crippen molar-refractivity contribution in [2.75, 3.05) is 63.3 Å². The molecule has 4 amide bonds. The van der Waals surface area contributed by atoms with Gasteiger partial charge in [0.25, 0.3) is 16.0 Å². The molecule has 0 spiro atoms. The summed E-state index contributed by atoms with van der Waals surface area (Å²) < 4.78 is 53.7. The SMILES string of the molecule is CC[N+]1=C(/C=C/C2=C(Oc3ccccc3)C(=C/C=C3/N(CCCS(=O)(=O)O)c4ccc(C(=O)NCCOCCOCC(=O)NCCCC[C@H](NC(=O)N[C@@H](CCC(C)=O)C(=O)O)C(=O)O)cc4C3(C)C)/CCC2)C(C)(C)c2ccccc21. The van der Waals surface area contributed by atoms with E-state index in [1.807, 2.05) is 42.5 Å². The van der Waals surface area contributed by atoms with Crippen molar-refractivity contribution in [1.82, 2.24) is 21.3 Å². The van der Waals surface area contributed by atoms with Crippen molar-refractivity contribution < 1.29 is 70.7 Å². The monoisotopic (exact) mass is 1150 g/mol. The zero-order chi connectivity index (χ0) is 59.6. The first-order valence-electron chi connectivity index (χ1n) is 27.9. The predicted molar refractivity (Wildman–Crippen MR) is 311 cm³/mol. The maximum absolute atomic E-state index is 13.6. The van der Waals surface area contributed by atoms with Gasteiger partial charge in [-0.1, -0.05) is 56.3 Å². The third kappa shape index (κ3) is 17.5. The normalized spacial score (nSPS) is 17.1. The van der Waals surface area contributed by atoms with Gasteiger partial charge in [0.1, 0.15) is 42.5 Å². The van der Waals surface area contributed by atoms with Crippen molar-refractivity contribution in [3.8, 4) is 5.75 Å². The molecule has 20 nitrogen and oxygen atoms in total. The Kier molecular flexibility index (Phi) is 22.9. The Labute approximate surface area is 480 Å². The second kappa shape index (κ2) is 29.5. The van der Waals surface area contributed by atoms with Crippen LogP contribution < -0.4 is 30.9 Å². The molecule has 21 heteroatoms. The van der Waals surface area contributed by atoms with Crippen LogP contribution >= 0.6 is 0 Å². The minimum Gasteiger partial charge on any atom is -0.480 e. The van der Waals surface area contributed by atoms with Crippen LogP contribution in [-0.4, -0.2) is 139 Å². The Balaban J connectivity index is 1.03. The van der Waals surface area contributed by atoms with Crippen LogP contribution in [-0.2, 0) is 49.6 Å². The molecule has 2 atom stereocenters. The topological polar surface area (TPSA) is 279 Å². The zero-order valence-electron chi connectivity index (χ0n) is 47.8. The molecular weight excluding hydrogens is 1070 g/mol. The number of fused-ring (bicyclic) bond motifs is 2. The number of carboxylic acid groups (broad SMARTS) is 2. The largest absolute Gasteiger partial charge is 0.480 e. The van der Waals surface area contributed by atoms with Crippen molar-refractivity contribution in [1.29, 1.82) is 0 Å². The van der Waals surface area contributed by atoms with Crippen LogP contribution in [0.3, 0.4) is 0 Å². The molecule has 1 aliphatic carbocycles. The lowest BCUT2D eigenvalue weighted by molar-refractivity contribution is -0.433. The maximum Gasteiger partial charge on any atom is 0.326 e. The van der Waals surface area contributed by atoms with Crippen LogP contribution in [0.15, 0.2) is 120 Å². The van der Waals surface area contributed by atoms with Gasteiger partial charge in [0.05, 0.1) is 31.0 Å². The van der Waals surface area contributed by atoms with Crippen molar-refractivity contribution >= 4 is 62.8 Å². The molecule has 2 aliphatic heterocycles. The number of anilines is 1. The van der Waals surface area contributed by atoms with Gasteiger partial charge in [0.15, 0.2) is 5.71 Å². The minimum atomic E-state index is -4.22. The zero-order valence-corrected chi connectivity index (χ0v) is 48.6. The van der Waals surface area contributed by atoms with Crippen molar-refractivity contribution in [3.05, 3.63) is 136 Å². The Morgan fingerprint density at radius 2 is 1.46 bits per heavy atom. The van der Waals surface area contributed by atoms with Gasteiger partial charge in [-0.05, 0) is 138 Å². The molecule has 3 aliphatic rings. The fourth-order valence-electron chi connectivity index (χ4n) is 10.5. The lowest BCUT2D eigenvalue weighted by Crippen LogP contribution is -2.51. The first kappa shape index (κ1) is 63.7. The molecule has 3 aromatic carbocycles. The third-order valence-corrected chi connectivity index (χ3v) is 15.6. The molecule has 6 rings (SSSR count). The van der Waals surface area contributed by atoms with Crippen molar-refractivity contribution in [2.24, 2.45) is 0 Å². The van der Waals surface area contributed by atoms with Gasteiger partial charge in [-0.3, -0.25) is 14.1 Å². The van der Waals surface area contributed by atoms with Gasteiger partial charge in [-0.25, -0.2) is 14.4 Å². The van der Waals surface area contributed by atoms with Crippen LogP contribution in [0.2, 0.25) is 0 Å². The number of nitrogens with zero attached hydrogens (tertiary/aromatic N) is 2. The van der Waals surface area contributed by atoms with E-state index in [-0.39, 0.29) is 88.9 Å². The fraction of sp³-hybridized carbons (Fsp3) is 0.459. The predicted octanol–water partition coefficient (Wildman–Crippen LogP) is 7.67. The number of urea groups is 1. The number of carboxylic acids is 2. The average Bonchev–Trinajstić information content (AvgIpc) is 3.85. The highest BCUT2D eigenvalue weighted by Gasteiger charge is 2.44. The molecule has 0 radical (unpaired) electrons. The first-order chi connectivity index (χ1) is 39.0. The molecule has 442 valence electrons. The van der Waals surface area contributed by atoms with E-state index in [2.05, 4.69) is 114 Å². The molecule has 0 saturated heterocycles. The van der Waals surface area contributed by atoms with E-state index in [1.165, 1.54) is 23.9 Å². The summed E-state index contributed by atoms with van der Waals surface area (Å²) >= 11 is 0. The lowest BCUT2D eigenvalue weighted by atomic mass is 9.81. The number of ketones is 1. The molecule has 0 bridgehead atoms. The number of rotatable bonds is 31. The summed E-state index contributed by atoms with van der Waals surface area (Å²) in [5.74, 6) is -2.55. The van der Waals surface area contributed by atoms with Gasteiger partial charge in [0, 0.05) is 66.1 Å². The van der Waals surface area contributed by atoms with Crippen LogP contribution in [0.5, 0.6) is 5.75 Å². The van der Waals surface area contributed by atoms with E-state index >= 15 is 0 Å². The molecular formula is C61H79N6O14S+. The Morgan fingerprint density at radius 3 is 2.16 bits per heavy atom. The summed E-state index contributed by atoms with van der Waals surface area (Å²) in [7, 11) is -4.22. The number of Topliss-reactive ketones (excluding diaryl/α,β-unsaturated/α-hetero) is 1.